The van der Waals surface area contributed by atoms with Crippen molar-refractivity contribution in [1.82, 2.24) is 0 Å². The fourth-order valence-electron chi connectivity index (χ4n) is 2.39. The van der Waals surface area contributed by atoms with Crippen LogP contribution in [0.5, 0.6) is 0 Å². The van der Waals surface area contributed by atoms with E-state index >= 15 is 0 Å². The summed E-state index contributed by atoms with van der Waals surface area (Å²) in [5.74, 6) is -0.429. The Kier molecular flexibility index (Phi) is 4.72. The molecule has 2 aromatic carbocycles. The largest absolute Gasteiger partial charge is 0.455 e. The average molecular weight is 355 g/mol. The average Bonchev–Trinajstić information content (AvgIpc) is 3.03. The second-order valence-corrected chi connectivity index (χ2v) is 7.65. The molecule has 0 aliphatic carbocycles. The standard InChI is InChI=1S/C19H17NO4S/c1-14-6-5-7-15(12-14)20-19(21)18-11-10-16(24-18)13-25(22,23)17-8-3-2-4-9-17/h2-12H,13H2,1H3,(H,20,21). The van der Waals surface area contributed by atoms with Crippen molar-refractivity contribution < 1.29 is 17.6 Å². The van der Waals surface area contributed by atoms with E-state index in [1.807, 2.05) is 25.1 Å². The number of rotatable bonds is 5. The quantitative estimate of drug-likeness (QED) is 0.755. The highest BCUT2D eigenvalue weighted by molar-refractivity contribution is 7.90. The van der Waals surface area contributed by atoms with Crippen molar-refractivity contribution in [3.8, 4) is 0 Å². The fourth-order valence-corrected chi connectivity index (χ4v) is 3.66. The van der Waals surface area contributed by atoms with E-state index in [0.29, 0.717) is 5.69 Å². The summed E-state index contributed by atoms with van der Waals surface area (Å²) in [7, 11) is -3.52. The van der Waals surface area contributed by atoms with E-state index in [1.54, 1.807) is 24.3 Å². The summed E-state index contributed by atoms with van der Waals surface area (Å²) in [6.07, 6.45) is 0. The maximum Gasteiger partial charge on any atom is 0.291 e. The van der Waals surface area contributed by atoms with Gasteiger partial charge in [0.05, 0.1) is 4.90 Å². The van der Waals surface area contributed by atoms with Gasteiger partial charge in [-0.3, -0.25) is 4.79 Å². The molecule has 1 heterocycles. The van der Waals surface area contributed by atoms with Crippen LogP contribution in [-0.2, 0) is 15.6 Å². The topological polar surface area (TPSA) is 76.4 Å². The van der Waals surface area contributed by atoms with Crippen LogP contribution in [0.15, 0.2) is 76.0 Å². The molecule has 0 saturated heterocycles. The Morgan fingerprint density at radius 2 is 1.76 bits per heavy atom. The van der Waals surface area contributed by atoms with Crippen LogP contribution in [0.2, 0.25) is 0 Å². The first-order valence-corrected chi connectivity index (χ1v) is 9.34. The van der Waals surface area contributed by atoms with Crippen LogP contribution in [-0.4, -0.2) is 14.3 Å². The zero-order chi connectivity index (χ0) is 17.9. The zero-order valence-corrected chi connectivity index (χ0v) is 14.4. The van der Waals surface area contributed by atoms with Gasteiger partial charge in [-0.2, -0.15) is 0 Å². The molecule has 1 amide bonds. The molecule has 0 aliphatic heterocycles. The smallest absolute Gasteiger partial charge is 0.291 e. The normalized spacial score (nSPS) is 11.2. The van der Waals surface area contributed by atoms with Crippen molar-refractivity contribution in [2.24, 2.45) is 0 Å². The van der Waals surface area contributed by atoms with Crippen molar-refractivity contribution in [2.75, 3.05) is 5.32 Å². The van der Waals surface area contributed by atoms with Gasteiger partial charge in [-0.05, 0) is 48.9 Å². The lowest BCUT2D eigenvalue weighted by molar-refractivity contribution is 0.0995. The van der Waals surface area contributed by atoms with Crippen molar-refractivity contribution >= 4 is 21.4 Å². The van der Waals surface area contributed by atoms with Gasteiger partial charge in [0.1, 0.15) is 11.5 Å². The third kappa shape index (κ3) is 4.16. The number of hydrogen-bond acceptors (Lipinski definition) is 4. The van der Waals surface area contributed by atoms with E-state index < -0.39 is 15.7 Å². The highest BCUT2D eigenvalue weighted by atomic mass is 32.2. The van der Waals surface area contributed by atoms with Crippen LogP contribution in [0, 0.1) is 6.92 Å². The minimum atomic E-state index is -3.52. The third-order valence-electron chi connectivity index (χ3n) is 3.60. The number of carbonyl (C=O) groups excluding carboxylic acids is 1. The van der Waals surface area contributed by atoms with Gasteiger partial charge in [0.15, 0.2) is 15.6 Å². The molecule has 0 aliphatic rings. The Labute approximate surface area is 146 Å². The van der Waals surface area contributed by atoms with Crippen LogP contribution < -0.4 is 5.32 Å². The minimum absolute atomic E-state index is 0.0692. The van der Waals surface area contributed by atoms with E-state index in [9.17, 15) is 13.2 Å². The fraction of sp³-hybridized carbons (Fsp3) is 0.105. The molecule has 0 atom stereocenters. The molecule has 0 bridgehead atoms. The predicted molar refractivity (Wildman–Crippen MR) is 95.2 cm³/mol. The van der Waals surface area contributed by atoms with E-state index in [4.69, 9.17) is 4.42 Å². The van der Waals surface area contributed by atoms with Gasteiger partial charge in [-0.15, -0.1) is 0 Å². The first kappa shape index (κ1) is 17.0. The van der Waals surface area contributed by atoms with E-state index in [0.717, 1.165) is 5.56 Å². The highest BCUT2D eigenvalue weighted by Gasteiger charge is 2.19. The van der Waals surface area contributed by atoms with Crippen LogP contribution in [0.3, 0.4) is 0 Å². The van der Waals surface area contributed by atoms with Crippen LogP contribution >= 0.6 is 0 Å². The highest BCUT2D eigenvalue weighted by Crippen LogP contribution is 2.19. The number of nitrogens with one attached hydrogen (secondary N) is 1. The van der Waals surface area contributed by atoms with Gasteiger partial charge in [0.25, 0.3) is 5.91 Å². The summed E-state index contributed by atoms with van der Waals surface area (Å²) in [6, 6.07) is 18.5. The molecule has 6 heteroatoms. The van der Waals surface area contributed by atoms with Crippen molar-refractivity contribution in [3.63, 3.8) is 0 Å². The molecular formula is C19H17NO4S. The number of sulfone groups is 1. The number of aryl methyl sites for hydroxylation is 1. The molecule has 128 valence electrons. The molecule has 0 unspecified atom stereocenters. The Morgan fingerprint density at radius 1 is 1.00 bits per heavy atom. The summed E-state index contributed by atoms with van der Waals surface area (Å²) >= 11 is 0. The summed E-state index contributed by atoms with van der Waals surface area (Å²) in [5.41, 5.74) is 1.67. The number of amides is 1. The Hall–Kier alpha value is -2.86. The third-order valence-corrected chi connectivity index (χ3v) is 5.25. The number of benzene rings is 2. The van der Waals surface area contributed by atoms with Gasteiger partial charge >= 0.3 is 0 Å². The van der Waals surface area contributed by atoms with E-state index in [2.05, 4.69) is 5.32 Å². The molecule has 3 rings (SSSR count). The molecule has 0 spiro atoms. The summed E-state index contributed by atoms with van der Waals surface area (Å²) < 4.78 is 30.1. The molecular weight excluding hydrogens is 338 g/mol. The first-order chi connectivity index (χ1) is 11.9. The van der Waals surface area contributed by atoms with Gasteiger partial charge in [-0.1, -0.05) is 30.3 Å². The van der Waals surface area contributed by atoms with E-state index in [-0.39, 0.29) is 22.2 Å². The first-order valence-electron chi connectivity index (χ1n) is 7.68. The maximum atomic E-state index is 12.3. The maximum absolute atomic E-state index is 12.3. The van der Waals surface area contributed by atoms with Gasteiger partial charge < -0.3 is 9.73 Å². The second kappa shape index (κ2) is 6.94. The van der Waals surface area contributed by atoms with Crippen molar-refractivity contribution in [2.45, 2.75) is 17.6 Å². The number of carbonyl (C=O) groups is 1. The van der Waals surface area contributed by atoms with Crippen molar-refractivity contribution in [1.29, 1.82) is 0 Å². The lowest BCUT2D eigenvalue weighted by Crippen LogP contribution is -2.11. The SMILES string of the molecule is Cc1cccc(NC(=O)c2ccc(CS(=O)(=O)c3ccccc3)o2)c1. The Morgan fingerprint density at radius 3 is 2.48 bits per heavy atom. The molecule has 0 radical (unpaired) electrons. The lowest BCUT2D eigenvalue weighted by Gasteiger charge is -2.04. The van der Waals surface area contributed by atoms with Gasteiger partial charge in [0, 0.05) is 5.69 Å². The Balaban J connectivity index is 1.73. The number of anilines is 1. The number of hydrogen-bond donors (Lipinski definition) is 1. The zero-order valence-electron chi connectivity index (χ0n) is 13.6. The molecule has 0 saturated carbocycles. The molecule has 0 fully saturated rings. The molecule has 1 aromatic heterocycles. The van der Waals surface area contributed by atoms with E-state index in [1.165, 1.54) is 24.3 Å². The van der Waals surface area contributed by atoms with Gasteiger partial charge in [0.2, 0.25) is 0 Å². The number of furan rings is 1. The van der Waals surface area contributed by atoms with Crippen LogP contribution in [0.25, 0.3) is 0 Å². The molecule has 1 N–H and O–H groups in total. The summed E-state index contributed by atoms with van der Waals surface area (Å²) in [4.78, 5) is 12.4. The Bertz CT molecular complexity index is 991. The van der Waals surface area contributed by atoms with Crippen molar-refractivity contribution in [3.05, 3.63) is 83.8 Å². The van der Waals surface area contributed by atoms with Crippen LogP contribution in [0.4, 0.5) is 5.69 Å². The second-order valence-electron chi connectivity index (χ2n) is 5.66. The monoisotopic (exact) mass is 355 g/mol. The molecule has 5 nitrogen and oxygen atoms in total. The predicted octanol–water partition coefficient (Wildman–Crippen LogP) is 3.81. The molecule has 3 aromatic rings. The van der Waals surface area contributed by atoms with Crippen LogP contribution in [0.1, 0.15) is 21.9 Å². The minimum Gasteiger partial charge on any atom is -0.455 e. The summed E-state index contributed by atoms with van der Waals surface area (Å²) in [5, 5.41) is 2.72. The van der Waals surface area contributed by atoms with Gasteiger partial charge in [-0.25, -0.2) is 8.42 Å². The summed E-state index contributed by atoms with van der Waals surface area (Å²) in [6.45, 7) is 1.93. The molecule has 25 heavy (non-hydrogen) atoms. The lowest BCUT2D eigenvalue weighted by atomic mass is 10.2.